The third-order valence-electron chi connectivity index (χ3n) is 2.68. The minimum absolute atomic E-state index is 0.0788. The molecule has 1 atom stereocenters. The highest BCUT2D eigenvalue weighted by atomic mass is 16.4. The molecule has 0 unspecified atom stereocenters. The fourth-order valence-corrected chi connectivity index (χ4v) is 2.07. The molecule has 0 spiro atoms. The summed E-state index contributed by atoms with van der Waals surface area (Å²) in [5.41, 5.74) is 1.91. The van der Waals surface area contributed by atoms with E-state index in [0.717, 1.165) is 16.9 Å². The topological polar surface area (TPSA) is 55.1 Å². The van der Waals surface area contributed by atoms with Crippen molar-refractivity contribution in [3.8, 4) is 0 Å². The second kappa shape index (κ2) is 3.96. The molecular formula is C12H14N2O2. The van der Waals surface area contributed by atoms with Crippen LogP contribution in [0.1, 0.15) is 25.2 Å². The van der Waals surface area contributed by atoms with Gasteiger partial charge in [-0.1, -0.05) is 12.1 Å². The second-order valence-electron chi connectivity index (χ2n) is 3.96. The van der Waals surface area contributed by atoms with E-state index in [-0.39, 0.29) is 12.5 Å². The first-order chi connectivity index (χ1) is 7.59. The lowest BCUT2D eigenvalue weighted by molar-refractivity contribution is -0.137. The van der Waals surface area contributed by atoms with Gasteiger partial charge in [0.15, 0.2) is 0 Å². The molecule has 0 aliphatic carbocycles. The van der Waals surface area contributed by atoms with Crippen molar-refractivity contribution in [1.82, 2.24) is 9.55 Å². The lowest BCUT2D eigenvalue weighted by atomic mass is 10.2. The van der Waals surface area contributed by atoms with Gasteiger partial charge in [0.25, 0.3) is 0 Å². The summed E-state index contributed by atoms with van der Waals surface area (Å²) in [6, 6.07) is 7.69. The van der Waals surface area contributed by atoms with E-state index in [9.17, 15) is 4.79 Å². The van der Waals surface area contributed by atoms with E-state index in [1.165, 1.54) is 0 Å². The van der Waals surface area contributed by atoms with E-state index >= 15 is 0 Å². The molecule has 1 aromatic carbocycles. The van der Waals surface area contributed by atoms with Gasteiger partial charge in [0, 0.05) is 6.04 Å². The largest absolute Gasteiger partial charge is 0.481 e. The van der Waals surface area contributed by atoms with Crippen LogP contribution in [-0.4, -0.2) is 20.6 Å². The van der Waals surface area contributed by atoms with Crippen LogP contribution in [0.4, 0.5) is 0 Å². The van der Waals surface area contributed by atoms with E-state index in [1.807, 2.05) is 42.7 Å². The number of benzene rings is 1. The van der Waals surface area contributed by atoms with E-state index in [2.05, 4.69) is 4.98 Å². The molecule has 2 aromatic rings. The van der Waals surface area contributed by atoms with Gasteiger partial charge in [0.05, 0.1) is 17.5 Å². The zero-order valence-electron chi connectivity index (χ0n) is 9.34. The summed E-state index contributed by atoms with van der Waals surface area (Å²) in [4.78, 5) is 15.1. The Morgan fingerprint density at radius 2 is 2.19 bits per heavy atom. The Kier molecular flexibility index (Phi) is 2.64. The average Bonchev–Trinajstić information content (AvgIpc) is 2.52. The summed E-state index contributed by atoms with van der Waals surface area (Å²) in [6.45, 7) is 3.80. The average molecular weight is 218 g/mol. The van der Waals surface area contributed by atoms with Gasteiger partial charge in [0.1, 0.15) is 5.82 Å². The summed E-state index contributed by atoms with van der Waals surface area (Å²) in [7, 11) is 0. The van der Waals surface area contributed by atoms with E-state index in [4.69, 9.17) is 5.11 Å². The van der Waals surface area contributed by atoms with Crippen molar-refractivity contribution < 1.29 is 9.90 Å². The van der Waals surface area contributed by atoms with Crippen LogP contribution in [0.3, 0.4) is 0 Å². The Morgan fingerprint density at radius 3 is 2.88 bits per heavy atom. The molecule has 0 radical (unpaired) electrons. The first kappa shape index (κ1) is 10.7. The van der Waals surface area contributed by atoms with Gasteiger partial charge >= 0.3 is 5.97 Å². The van der Waals surface area contributed by atoms with Crippen molar-refractivity contribution in [3.05, 3.63) is 30.1 Å². The number of imidazole rings is 1. The minimum atomic E-state index is -0.787. The van der Waals surface area contributed by atoms with Crippen molar-refractivity contribution in [3.63, 3.8) is 0 Å². The maximum Gasteiger partial charge on any atom is 0.305 e. The van der Waals surface area contributed by atoms with E-state index in [0.29, 0.717) is 0 Å². The number of hydrogen-bond donors (Lipinski definition) is 1. The van der Waals surface area contributed by atoms with Gasteiger partial charge in [-0.2, -0.15) is 0 Å². The summed E-state index contributed by atoms with van der Waals surface area (Å²) in [6.07, 6.45) is 0.112. The molecule has 1 N–H and O–H groups in total. The first-order valence-electron chi connectivity index (χ1n) is 5.25. The molecule has 16 heavy (non-hydrogen) atoms. The highest BCUT2D eigenvalue weighted by Gasteiger charge is 2.15. The molecule has 4 nitrogen and oxygen atoms in total. The molecule has 2 rings (SSSR count). The smallest absolute Gasteiger partial charge is 0.305 e. The molecule has 0 saturated heterocycles. The Hall–Kier alpha value is -1.84. The quantitative estimate of drug-likeness (QED) is 0.860. The molecule has 0 aliphatic heterocycles. The van der Waals surface area contributed by atoms with Gasteiger partial charge in [-0.15, -0.1) is 0 Å². The number of para-hydroxylation sites is 2. The molecule has 0 amide bonds. The van der Waals surface area contributed by atoms with Gasteiger partial charge in [-0.25, -0.2) is 4.98 Å². The van der Waals surface area contributed by atoms with Crippen molar-refractivity contribution in [2.45, 2.75) is 26.3 Å². The Bertz CT molecular complexity index is 531. The van der Waals surface area contributed by atoms with E-state index in [1.54, 1.807) is 0 Å². The van der Waals surface area contributed by atoms with Gasteiger partial charge in [0.2, 0.25) is 0 Å². The molecule has 0 saturated carbocycles. The molecule has 1 aromatic heterocycles. The SMILES string of the molecule is Cc1nc2ccccc2n1[C@H](C)CC(=O)O. The molecule has 4 heteroatoms. The van der Waals surface area contributed by atoms with Gasteiger partial charge in [-0.3, -0.25) is 4.79 Å². The van der Waals surface area contributed by atoms with Crippen molar-refractivity contribution in [1.29, 1.82) is 0 Å². The van der Waals surface area contributed by atoms with Crippen LogP contribution in [0.5, 0.6) is 0 Å². The first-order valence-corrected chi connectivity index (χ1v) is 5.25. The Balaban J connectivity index is 2.50. The molecule has 0 aliphatic rings. The number of nitrogens with zero attached hydrogens (tertiary/aromatic N) is 2. The van der Waals surface area contributed by atoms with Gasteiger partial charge in [-0.05, 0) is 26.0 Å². The fourth-order valence-electron chi connectivity index (χ4n) is 2.07. The van der Waals surface area contributed by atoms with Crippen molar-refractivity contribution in [2.75, 3.05) is 0 Å². The monoisotopic (exact) mass is 218 g/mol. The molecule has 84 valence electrons. The lowest BCUT2D eigenvalue weighted by Crippen LogP contribution is -2.11. The number of rotatable bonds is 3. The number of aromatic nitrogens is 2. The summed E-state index contributed by atoms with van der Waals surface area (Å²) < 4.78 is 1.98. The summed E-state index contributed by atoms with van der Waals surface area (Å²) in [5, 5.41) is 8.81. The number of hydrogen-bond acceptors (Lipinski definition) is 2. The fraction of sp³-hybridized carbons (Fsp3) is 0.333. The number of carbonyl (C=O) groups is 1. The predicted molar refractivity (Wildman–Crippen MR) is 61.4 cm³/mol. The molecule has 1 heterocycles. The van der Waals surface area contributed by atoms with Crippen LogP contribution in [0, 0.1) is 6.92 Å². The summed E-state index contributed by atoms with van der Waals surface area (Å²) >= 11 is 0. The third kappa shape index (κ3) is 1.78. The molecule has 0 fully saturated rings. The van der Waals surface area contributed by atoms with Gasteiger partial charge < -0.3 is 9.67 Å². The van der Waals surface area contributed by atoms with Crippen LogP contribution in [0.2, 0.25) is 0 Å². The Morgan fingerprint density at radius 1 is 1.50 bits per heavy atom. The van der Waals surface area contributed by atoms with Crippen molar-refractivity contribution in [2.24, 2.45) is 0 Å². The Labute approximate surface area is 93.5 Å². The zero-order valence-corrected chi connectivity index (χ0v) is 9.34. The highest BCUT2D eigenvalue weighted by Crippen LogP contribution is 2.22. The standard InChI is InChI=1S/C12H14N2O2/c1-8(7-12(15)16)14-9(2)13-10-5-3-4-6-11(10)14/h3-6,8H,7H2,1-2H3,(H,15,16)/t8-/m1/s1. The number of fused-ring (bicyclic) bond motifs is 1. The van der Waals surface area contributed by atoms with E-state index < -0.39 is 5.97 Å². The molecule has 0 bridgehead atoms. The maximum absolute atomic E-state index is 10.7. The van der Waals surface area contributed by atoms with Crippen LogP contribution >= 0.6 is 0 Å². The van der Waals surface area contributed by atoms with Crippen LogP contribution in [-0.2, 0) is 4.79 Å². The van der Waals surface area contributed by atoms with Crippen LogP contribution < -0.4 is 0 Å². The number of aryl methyl sites for hydroxylation is 1. The summed E-state index contributed by atoms with van der Waals surface area (Å²) in [5.74, 6) is 0.0691. The van der Waals surface area contributed by atoms with Crippen molar-refractivity contribution >= 4 is 17.0 Å². The van der Waals surface area contributed by atoms with Crippen LogP contribution in [0.15, 0.2) is 24.3 Å². The predicted octanol–water partition coefficient (Wildman–Crippen LogP) is 2.38. The minimum Gasteiger partial charge on any atom is -0.481 e. The third-order valence-corrected chi connectivity index (χ3v) is 2.68. The lowest BCUT2D eigenvalue weighted by Gasteiger charge is -2.13. The highest BCUT2D eigenvalue weighted by molar-refractivity contribution is 5.76. The number of carboxylic acid groups (broad SMARTS) is 1. The molecular weight excluding hydrogens is 204 g/mol. The normalized spacial score (nSPS) is 12.9. The number of aliphatic carboxylic acids is 1. The second-order valence-corrected chi connectivity index (χ2v) is 3.96. The van der Waals surface area contributed by atoms with Crippen LogP contribution in [0.25, 0.3) is 11.0 Å². The number of carboxylic acids is 1. The zero-order chi connectivity index (χ0) is 11.7. The maximum atomic E-state index is 10.7.